The SMILES string of the molecule is CC(=O)c1ccccc1-c1ccc2c(c1)CC(CNC(=O)c1ccc(N3CCN(C)CC3)cc1)O2. The van der Waals surface area contributed by atoms with Gasteiger partial charge in [-0.05, 0) is 67.1 Å². The van der Waals surface area contributed by atoms with Gasteiger partial charge in [-0.1, -0.05) is 30.3 Å². The molecule has 2 aliphatic heterocycles. The predicted octanol–water partition coefficient (Wildman–Crippen LogP) is 4.04. The third-order valence-corrected chi connectivity index (χ3v) is 6.91. The molecule has 1 N–H and O–H groups in total. The molecule has 5 rings (SSSR count). The number of nitrogens with one attached hydrogen (secondary N) is 1. The molecule has 0 spiro atoms. The molecule has 6 nitrogen and oxygen atoms in total. The van der Waals surface area contributed by atoms with E-state index in [0.29, 0.717) is 24.1 Å². The summed E-state index contributed by atoms with van der Waals surface area (Å²) in [4.78, 5) is 29.4. The normalized spacial score (nSPS) is 17.5. The number of rotatable bonds is 6. The Morgan fingerprint density at radius 3 is 2.46 bits per heavy atom. The molecule has 0 bridgehead atoms. The first kappa shape index (κ1) is 23.1. The number of hydrogen-bond acceptors (Lipinski definition) is 5. The van der Waals surface area contributed by atoms with E-state index in [2.05, 4.69) is 28.2 Å². The van der Waals surface area contributed by atoms with Crippen LogP contribution in [0.15, 0.2) is 66.7 Å². The number of hydrogen-bond donors (Lipinski definition) is 1. The molecule has 3 aromatic carbocycles. The number of amides is 1. The number of Topliss-reactive ketones (excluding diaryl/α,β-unsaturated/α-hetero) is 1. The highest BCUT2D eigenvalue weighted by molar-refractivity contribution is 6.00. The minimum Gasteiger partial charge on any atom is -0.488 e. The second-order valence-electron chi connectivity index (χ2n) is 9.42. The first-order valence-electron chi connectivity index (χ1n) is 12.2. The molecule has 2 aliphatic rings. The maximum atomic E-state index is 12.7. The van der Waals surface area contributed by atoms with Gasteiger partial charge in [-0.2, -0.15) is 0 Å². The number of benzene rings is 3. The Kier molecular flexibility index (Phi) is 6.55. The summed E-state index contributed by atoms with van der Waals surface area (Å²) >= 11 is 0. The Morgan fingerprint density at radius 2 is 1.71 bits per heavy atom. The molecule has 1 atom stereocenters. The minimum absolute atomic E-state index is 0.0505. The summed E-state index contributed by atoms with van der Waals surface area (Å²) in [5.74, 6) is 0.796. The lowest BCUT2D eigenvalue weighted by Crippen LogP contribution is -2.44. The van der Waals surface area contributed by atoms with Crippen molar-refractivity contribution in [3.63, 3.8) is 0 Å². The van der Waals surface area contributed by atoms with Gasteiger partial charge in [0, 0.05) is 49.4 Å². The molecule has 2 heterocycles. The first-order valence-corrected chi connectivity index (χ1v) is 12.2. The van der Waals surface area contributed by atoms with Gasteiger partial charge in [-0.3, -0.25) is 9.59 Å². The lowest BCUT2D eigenvalue weighted by Gasteiger charge is -2.34. The van der Waals surface area contributed by atoms with Crippen LogP contribution in [-0.4, -0.2) is 62.5 Å². The molecule has 1 unspecified atom stereocenters. The van der Waals surface area contributed by atoms with Crippen molar-refractivity contribution in [3.8, 4) is 16.9 Å². The maximum Gasteiger partial charge on any atom is 0.251 e. The van der Waals surface area contributed by atoms with Crippen LogP contribution in [0.25, 0.3) is 11.1 Å². The average Bonchev–Trinajstić information content (AvgIpc) is 3.30. The van der Waals surface area contributed by atoms with E-state index in [0.717, 1.165) is 54.3 Å². The molecule has 1 amide bonds. The zero-order valence-electron chi connectivity index (χ0n) is 20.3. The standard InChI is InChI=1S/C29H31N3O3/c1-20(33)26-5-3-4-6-27(26)22-9-12-28-23(17-22)18-25(35-28)19-30-29(34)21-7-10-24(11-8-21)32-15-13-31(2)14-16-32/h3-12,17,25H,13-16,18-19H2,1-2H3,(H,30,34). The highest BCUT2D eigenvalue weighted by atomic mass is 16.5. The highest BCUT2D eigenvalue weighted by Gasteiger charge is 2.24. The third-order valence-electron chi connectivity index (χ3n) is 6.91. The van der Waals surface area contributed by atoms with Gasteiger partial charge in [0.15, 0.2) is 5.78 Å². The van der Waals surface area contributed by atoms with Gasteiger partial charge in [0.1, 0.15) is 11.9 Å². The van der Waals surface area contributed by atoms with Crippen LogP contribution in [0.3, 0.4) is 0 Å². The van der Waals surface area contributed by atoms with Crippen molar-refractivity contribution in [1.82, 2.24) is 10.2 Å². The van der Waals surface area contributed by atoms with Gasteiger partial charge >= 0.3 is 0 Å². The molecule has 1 saturated heterocycles. The fourth-order valence-electron chi connectivity index (χ4n) is 4.84. The van der Waals surface area contributed by atoms with Crippen molar-refractivity contribution < 1.29 is 14.3 Å². The number of fused-ring (bicyclic) bond motifs is 1. The first-order chi connectivity index (χ1) is 17.0. The maximum absolute atomic E-state index is 12.7. The number of ketones is 1. The summed E-state index contributed by atoms with van der Waals surface area (Å²) in [6.07, 6.45) is 0.602. The van der Waals surface area contributed by atoms with E-state index in [1.807, 2.05) is 60.7 Å². The summed E-state index contributed by atoms with van der Waals surface area (Å²) < 4.78 is 6.08. The van der Waals surface area contributed by atoms with Crippen molar-refractivity contribution in [1.29, 1.82) is 0 Å². The molecular formula is C29H31N3O3. The van der Waals surface area contributed by atoms with Crippen LogP contribution in [0, 0.1) is 0 Å². The summed E-state index contributed by atoms with van der Waals surface area (Å²) in [6.45, 7) is 6.14. The van der Waals surface area contributed by atoms with E-state index in [1.165, 1.54) is 0 Å². The number of carbonyl (C=O) groups is 2. The monoisotopic (exact) mass is 469 g/mol. The van der Waals surface area contributed by atoms with Crippen LogP contribution in [0.4, 0.5) is 5.69 Å². The van der Waals surface area contributed by atoms with Crippen LogP contribution in [0.5, 0.6) is 5.75 Å². The van der Waals surface area contributed by atoms with Crippen molar-refractivity contribution in [2.45, 2.75) is 19.4 Å². The van der Waals surface area contributed by atoms with Gasteiger partial charge in [-0.15, -0.1) is 0 Å². The van der Waals surface area contributed by atoms with Crippen molar-refractivity contribution >= 4 is 17.4 Å². The number of nitrogens with zero attached hydrogens (tertiary/aromatic N) is 2. The average molecular weight is 470 g/mol. The molecule has 180 valence electrons. The number of likely N-dealkylation sites (N-methyl/N-ethyl adjacent to an activating group) is 1. The zero-order chi connectivity index (χ0) is 24.4. The number of anilines is 1. The number of piperazine rings is 1. The van der Waals surface area contributed by atoms with E-state index in [-0.39, 0.29) is 17.8 Å². The summed E-state index contributed by atoms with van der Waals surface area (Å²) in [5.41, 5.74) is 5.56. The molecule has 0 radical (unpaired) electrons. The van der Waals surface area contributed by atoms with Gasteiger partial charge in [0.25, 0.3) is 5.91 Å². The van der Waals surface area contributed by atoms with Crippen molar-refractivity contribution in [3.05, 3.63) is 83.4 Å². The summed E-state index contributed by atoms with van der Waals surface area (Å²) in [6, 6.07) is 21.6. The van der Waals surface area contributed by atoms with Gasteiger partial charge in [0.2, 0.25) is 0 Å². The predicted molar refractivity (Wildman–Crippen MR) is 138 cm³/mol. The smallest absolute Gasteiger partial charge is 0.251 e. The lowest BCUT2D eigenvalue weighted by molar-refractivity contribution is 0.0933. The molecular weight excluding hydrogens is 438 g/mol. The van der Waals surface area contributed by atoms with Crippen LogP contribution >= 0.6 is 0 Å². The topological polar surface area (TPSA) is 61.9 Å². The molecule has 0 aromatic heterocycles. The third kappa shape index (κ3) is 5.08. The van der Waals surface area contributed by atoms with Crippen molar-refractivity contribution in [2.24, 2.45) is 0 Å². The Balaban J connectivity index is 1.18. The lowest BCUT2D eigenvalue weighted by atomic mass is 9.95. The summed E-state index contributed by atoms with van der Waals surface area (Å²) in [5, 5.41) is 3.02. The van der Waals surface area contributed by atoms with Gasteiger partial charge < -0.3 is 19.9 Å². The molecule has 0 aliphatic carbocycles. The van der Waals surface area contributed by atoms with Crippen molar-refractivity contribution in [2.75, 3.05) is 44.7 Å². The fraction of sp³-hybridized carbons (Fsp3) is 0.310. The highest BCUT2D eigenvalue weighted by Crippen LogP contribution is 2.34. The van der Waals surface area contributed by atoms with Crippen LogP contribution in [0.2, 0.25) is 0 Å². The minimum atomic E-state index is -0.114. The van der Waals surface area contributed by atoms with E-state index in [9.17, 15) is 9.59 Å². The fourth-order valence-corrected chi connectivity index (χ4v) is 4.84. The van der Waals surface area contributed by atoms with E-state index >= 15 is 0 Å². The number of ether oxygens (including phenoxy) is 1. The van der Waals surface area contributed by atoms with Crippen LogP contribution < -0.4 is 15.0 Å². The van der Waals surface area contributed by atoms with Gasteiger partial charge in [-0.25, -0.2) is 0 Å². The molecule has 0 saturated carbocycles. The Labute approximate surface area is 206 Å². The van der Waals surface area contributed by atoms with E-state index in [4.69, 9.17) is 4.74 Å². The van der Waals surface area contributed by atoms with Crippen LogP contribution in [-0.2, 0) is 6.42 Å². The van der Waals surface area contributed by atoms with Crippen LogP contribution in [0.1, 0.15) is 33.2 Å². The molecule has 3 aromatic rings. The second-order valence-corrected chi connectivity index (χ2v) is 9.42. The number of carbonyl (C=O) groups excluding carboxylic acids is 2. The van der Waals surface area contributed by atoms with E-state index < -0.39 is 0 Å². The molecule has 1 fully saturated rings. The Bertz CT molecular complexity index is 1230. The second kappa shape index (κ2) is 9.92. The Hall–Kier alpha value is -3.64. The van der Waals surface area contributed by atoms with Gasteiger partial charge in [0.05, 0.1) is 6.54 Å². The zero-order valence-corrected chi connectivity index (χ0v) is 20.3. The quantitative estimate of drug-likeness (QED) is 0.552. The summed E-state index contributed by atoms with van der Waals surface area (Å²) in [7, 11) is 2.14. The largest absolute Gasteiger partial charge is 0.488 e. The molecule has 6 heteroatoms. The van der Waals surface area contributed by atoms with E-state index in [1.54, 1.807) is 6.92 Å². The molecule has 35 heavy (non-hydrogen) atoms. The Morgan fingerprint density at radius 1 is 0.971 bits per heavy atom.